The van der Waals surface area contributed by atoms with Crippen molar-refractivity contribution >= 4 is 23.7 Å². The van der Waals surface area contributed by atoms with Gasteiger partial charge in [-0.15, -0.1) is 0 Å². The molecular formula is C28H26N2O5. The van der Waals surface area contributed by atoms with Crippen molar-refractivity contribution in [2.45, 2.75) is 31.2 Å². The van der Waals surface area contributed by atoms with Gasteiger partial charge in [0, 0.05) is 23.7 Å². The third-order valence-electron chi connectivity index (χ3n) is 6.75. The third-order valence-corrected chi connectivity index (χ3v) is 6.75. The lowest BCUT2D eigenvalue weighted by Gasteiger charge is -2.33. The van der Waals surface area contributed by atoms with Crippen LogP contribution in [0.1, 0.15) is 46.7 Å². The number of carboxylic acid groups (broad SMARTS) is 1. The lowest BCUT2D eigenvalue weighted by atomic mass is 9.98. The molecule has 7 nitrogen and oxygen atoms in total. The largest absolute Gasteiger partial charge is 0.480 e. The van der Waals surface area contributed by atoms with Crippen molar-refractivity contribution < 1.29 is 24.2 Å². The van der Waals surface area contributed by atoms with Gasteiger partial charge in [-0.1, -0.05) is 54.6 Å². The van der Waals surface area contributed by atoms with E-state index < -0.39 is 18.1 Å². The molecule has 0 aromatic heterocycles. The Hall–Kier alpha value is -4.13. The number of carbonyl (C=O) groups is 3. The molecule has 1 atom stereocenters. The average molecular weight is 471 g/mol. The highest BCUT2D eigenvalue weighted by atomic mass is 16.5. The maximum absolute atomic E-state index is 13.0. The van der Waals surface area contributed by atoms with Crippen LogP contribution < -0.4 is 5.32 Å². The smallest absolute Gasteiger partial charge is 0.411 e. The fourth-order valence-electron chi connectivity index (χ4n) is 5.08. The molecule has 7 heteroatoms. The van der Waals surface area contributed by atoms with E-state index in [4.69, 9.17) is 4.74 Å². The summed E-state index contributed by atoms with van der Waals surface area (Å²) in [5.41, 5.74) is 5.31. The Balaban J connectivity index is 1.26. The van der Waals surface area contributed by atoms with Crippen LogP contribution in [0.4, 0.5) is 10.5 Å². The molecule has 1 aliphatic carbocycles. The van der Waals surface area contributed by atoms with Gasteiger partial charge < -0.3 is 14.7 Å². The summed E-state index contributed by atoms with van der Waals surface area (Å²) in [6.45, 7) is 0.590. The molecule has 35 heavy (non-hydrogen) atoms. The number of anilines is 1. The number of likely N-dealkylation sites (tertiary alicyclic amines) is 1. The van der Waals surface area contributed by atoms with E-state index >= 15 is 0 Å². The molecule has 1 aliphatic heterocycles. The summed E-state index contributed by atoms with van der Waals surface area (Å²) in [6.07, 6.45) is 1.38. The topological polar surface area (TPSA) is 95.9 Å². The zero-order valence-corrected chi connectivity index (χ0v) is 19.1. The number of aliphatic carboxylic acids is 1. The first kappa shape index (κ1) is 22.7. The summed E-state index contributed by atoms with van der Waals surface area (Å²) in [5, 5.41) is 12.2. The first-order chi connectivity index (χ1) is 17.0. The molecular weight excluding hydrogens is 444 g/mol. The minimum absolute atomic E-state index is 0.0480. The van der Waals surface area contributed by atoms with Crippen LogP contribution in [0.25, 0.3) is 11.1 Å². The van der Waals surface area contributed by atoms with Crippen molar-refractivity contribution in [1.82, 2.24) is 4.90 Å². The zero-order valence-electron chi connectivity index (χ0n) is 19.1. The van der Waals surface area contributed by atoms with E-state index in [1.165, 1.54) is 4.90 Å². The van der Waals surface area contributed by atoms with E-state index in [1.54, 1.807) is 24.3 Å². The molecule has 5 rings (SSSR count). The Kier molecular flexibility index (Phi) is 6.23. The van der Waals surface area contributed by atoms with Crippen LogP contribution >= 0.6 is 0 Å². The van der Waals surface area contributed by atoms with Crippen LogP contribution in [-0.4, -0.2) is 47.2 Å². The SMILES string of the molecule is O=C(Nc1cccc(C(=O)N2CCCC[C@@H]2C(=O)O)c1)OCC1c2ccccc2-c2ccccc21. The molecule has 1 heterocycles. The number of carbonyl (C=O) groups excluding carboxylic acids is 2. The van der Waals surface area contributed by atoms with Crippen LogP contribution in [0.2, 0.25) is 0 Å². The summed E-state index contributed by atoms with van der Waals surface area (Å²) >= 11 is 0. The van der Waals surface area contributed by atoms with E-state index in [2.05, 4.69) is 29.6 Å². The van der Waals surface area contributed by atoms with Crippen LogP contribution in [0.15, 0.2) is 72.8 Å². The van der Waals surface area contributed by atoms with E-state index in [0.29, 0.717) is 24.2 Å². The molecule has 178 valence electrons. The summed E-state index contributed by atoms with van der Waals surface area (Å²) in [7, 11) is 0. The number of hydrogen-bond donors (Lipinski definition) is 2. The van der Waals surface area contributed by atoms with Crippen molar-refractivity contribution in [2.24, 2.45) is 0 Å². The van der Waals surface area contributed by atoms with Gasteiger partial charge in [-0.25, -0.2) is 9.59 Å². The Morgan fingerprint density at radius 3 is 2.29 bits per heavy atom. The summed E-state index contributed by atoms with van der Waals surface area (Å²) in [6, 6.07) is 21.9. The normalized spacial score (nSPS) is 16.8. The van der Waals surface area contributed by atoms with E-state index in [0.717, 1.165) is 35.1 Å². The van der Waals surface area contributed by atoms with E-state index in [9.17, 15) is 19.5 Å². The van der Waals surface area contributed by atoms with Crippen LogP contribution in [0.5, 0.6) is 0 Å². The highest BCUT2D eigenvalue weighted by Crippen LogP contribution is 2.44. The number of nitrogens with one attached hydrogen (secondary N) is 1. The predicted molar refractivity (Wildman–Crippen MR) is 131 cm³/mol. The maximum atomic E-state index is 13.0. The molecule has 2 aliphatic rings. The standard InChI is InChI=1S/C28H26N2O5/c31-26(30-15-6-5-14-25(30)27(32)33)18-8-7-9-19(16-18)29-28(34)35-17-24-22-12-3-1-10-20(22)21-11-2-4-13-23(21)24/h1-4,7-13,16,24-25H,5-6,14-15,17H2,(H,29,34)(H,32,33)/t25-/m1/s1. The molecule has 3 aromatic carbocycles. The van der Waals surface area contributed by atoms with Crippen molar-refractivity contribution in [3.8, 4) is 11.1 Å². The van der Waals surface area contributed by atoms with Gasteiger partial charge in [-0.05, 0) is 59.7 Å². The lowest BCUT2D eigenvalue weighted by molar-refractivity contribution is -0.143. The fourth-order valence-corrected chi connectivity index (χ4v) is 5.08. The quantitative estimate of drug-likeness (QED) is 0.539. The van der Waals surface area contributed by atoms with Gasteiger partial charge in [0.1, 0.15) is 12.6 Å². The van der Waals surface area contributed by atoms with Gasteiger partial charge in [0.15, 0.2) is 0 Å². The van der Waals surface area contributed by atoms with Gasteiger partial charge in [0.25, 0.3) is 5.91 Å². The first-order valence-electron chi connectivity index (χ1n) is 11.8. The van der Waals surface area contributed by atoms with Crippen LogP contribution in [-0.2, 0) is 9.53 Å². The zero-order chi connectivity index (χ0) is 24.4. The minimum Gasteiger partial charge on any atom is -0.480 e. The highest BCUT2D eigenvalue weighted by Gasteiger charge is 2.33. The van der Waals surface area contributed by atoms with Crippen molar-refractivity contribution in [3.05, 3.63) is 89.5 Å². The number of amides is 2. The van der Waals surface area contributed by atoms with E-state index in [1.807, 2.05) is 24.3 Å². The Morgan fingerprint density at radius 2 is 1.60 bits per heavy atom. The van der Waals surface area contributed by atoms with Gasteiger partial charge in [0.2, 0.25) is 0 Å². The number of fused-ring (bicyclic) bond motifs is 3. The summed E-state index contributed by atoms with van der Waals surface area (Å²) in [4.78, 5) is 38.6. The minimum atomic E-state index is -0.994. The molecule has 2 amide bonds. The Morgan fingerprint density at radius 1 is 0.914 bits per heavy atom. The number of nitrogens with zero attached hydrogens (tertiary/aromatic N) is 1. The van der Waals surface area contributed by atoms with Crippen molar-refractivity contribution in [2.75, 3.05) is 18.5 Å². The molecule has 0 saturated carbocycles. The third kappa shape index (κ3) is 4.49. The molecule has 0 radical (unpaired) electrons. The maximum Gasteiger partial charge on any atom is 0.411 e. The number of piperidine rings is 1. The molecule has 1 saturated heterocycles. The van der Waals surface area contributed by atoms with Gasteiger partial charge >= 0.3 is 12.1 Å². The number of hydrogen-bond acceptors (Lipinski definition) is 4. The number of carboxylic acids is 1. The molecule has 0 unspecified atom stereocenters. The lowest BCUT2D eigenvalue weighted by Crippen LogP contribution is -2.48. The monoisotopic (exact) mass is 470 g/mol. The summed E-state index contributed by atoms with van der Waals surface area (Å²) < 4.78 is 5.59. The summed E-state index contributed by atoms with van der Waals surface area (Å²) in [5.74, 6) is -1.40. The van der Waals surface area contributed by atoms with Crippen LogP contribution in [0.3, 0.4) is 0 Å². The molecule has 2 N–H and O–H groups in total. The number of ether oxygens (including phenoxy) is 1. The van der Waals surface area contributed by atoms with Gasteiger partial charge in [-0.3, -0.25) is 10.1 Å². The average Bonchev–Trinajstić information content (AvgIpc) is 3.21. The molecule has 3 aromatic rings. The second-order valence-electron chi connectivity index (χ2n) is 8.88. The Bertz CT molecular complexity index is 1240. The highest BCUT2D eigenvalue weighted by molar-refractivity contribution is 5.98. The second kappa shape index (κ2) is 9.62. The number of rotatable bonds is 5. The van der Waals surface area contributed by atoms with Crippen LogP contribution in [0, 0.1) is 0 Å². The Labute approximate surface area is 203 Å². The van der Waals surface area contributed by atoms with Gasteiger partial charge in [0.05, 0.1) is 0 Å². The molecule has 0 bridgehead atoms. The van der Waals surface area contributed by atoms with Crippen molar-refractivity contribution in [3.63, 3.8) is 0 Å². The van der Waals surface area contributed by atoms with E-state index in [-0.39, 0.29) is 18.4 Å². The second-order valence-corrected chi connectivity index (χ2v) is 8.88. The van der Waals surface area contributed by atoms with Crippen molar-refractivity contribution in [1.29, 1.82) is 0 Å². The molecule has 1 fully saturated rings. The predicted octanol–water partition coefficient (Wildman–Crippen LogP) is 5.13. The molecule has 0 spiro atoms. The van der Waals surface area contributed by atoms with Gasteiger partial charge in [-0.2, -0.15) is 0 Å². The number of benzene rings is 3. The fraction of sp³-hybridized carbons (Fsp3) is 0.250. The first-order valence-corrected chi connectivity index (χ1v) is 11.8.